The smallest absolute Gasteiger partial charge is 0.123 e. The van der Waals surface area contributed by atoms with Crippen LogP contribution >= 0.6 is 0 Å². The number of hydrogen-bond donors (Lipinski definition) is 1. The van der Waals surface area contributed by atoms with E-state index >= 15 is 0 Å². The number of pyridine rings is 1. The molecule has 1 atom stereocenters. The van der Waals surface area contributed by atoms with Crippen LogP contribution in [0.25, 0.3) is 10.9 Å². The third-order valence-electron chi connectivity index (χ3n) is 3.41. The minimum Gasteiger partial charge on any atom is -0.324 e. The molecule has 3 rings (SSSR count). The molecule has 2 N–H and O–H groups in total. The van der Waals surface area contributed by atoms with E-state index in [0.29, 0.717) is 6.42 Å². The van der Waals surface area contributed by atoms with Crippen LogP contribution in [0.3, 0.4) is 0 Å². The summed E-state index contributed by atoms with van der Waals surface area (Å²) in [5.74, 6) is -0.231. The van der Waals surface area contributed by atoms with Gasteiger partial charge < -0.3 is 5.73 Å². The van der Waals surface area contributed by atoms with Gasteiger partial charge in [-0.3, -0.25) is 4.98 Å². The summed E-state index contributed by atoms with van der Waals surface area (Å²) in [4.78, 5) is 4.41. The fraction of sp³-hybridized carbons (Fsp3) is 0.118. The molecular weight excluding hydrogens is 251 g/mol. The van der Waals surface area contributed by atoms with Crippen molar-refractivity contribution in [2.75, 3.05) is 0 Å². The molecule has 2 aromatic carbocycles. The van der Waals surface area contributed by atoms with Crippen LogP contribution < -0.4 is 5.73 Å². The van der Waals surface area contributed by atoms with Crippen LogP contribution in [0.15, 0.2) is 60.8 Å². The van der Waals surface area contributed by atoms with Crippen molar-refractivity contribution >= 4 is 10.9 Å². The lowest BCUT2D eigenvalue weighted by Crippen LogP contribution is -2.14. The first-order valence-corrected chi connectivity index (χ1v) is 6.58. The van der Waals surface area contributed by atoms with Crippen LogP contribution in [-0.2, 0) is 6.42 Å². The maximum atomic E-state index is 13.2. The highest BCUT2D eigenvalue weighted by Gasteiger charge is 2.11. The molecule has 2 nitrogen and oxygen atoms in total. The fourth-order valence-electron chi connectivity index (χ4n) is 2.45. The van der Waals surface area contributed by atoms with Crippen LogP contribution in [0.5, 0.6) is 0 Å². The molecule has 3 heteroatoms. The van der Waals surface area contributed by atoms with E-state index in [0.717, 1.165) is 22.0 Å². The van der Waals surface area contributed by atoms with Crippen LogP contribution in [0.1, 0.15) is 17.2 Å². The Hall–Kier alpha value is -2.26. The van der Waals surface area contributed by atoms with E-state index in [1.165, 1.54) is 12.1 Å². The molecular formula is C17H15FN2. The average molecular weight is 266 g/mol. The van der Waals surface area contributed by atoms with Crippen LogP contribution in [0.4, 0.5) is 4.39 Å². The number of hydrogen-bond acceptors (Lipinski definition) is 2. The van der Waals surface area contributed by atoms with Crippen molar-refractivity contribution in [1.82, 2.24) is 4.98 Å². The highest BCUT2D eigenvalue weighted by Crippen LogP contribution is 2.23. The standard InChI is InChI=1S/C17H15FN2/c18-14-7-1-4-12(10-14)11-16(19)15-8-2-5-13-6-3-9-20-17(13)15/h1-10,16H,11,19H2. The first kappa shape index (κ1) is 12.8. The second-order valence-electron chi connectivity index (χ2n) is 4.86. The van der Waals surface area contributed by atoms with Gasteiger partial charge in [-0.2, -0.15) is 0 Å². The van der Waals surface area contributed by atoms with Gasteiger partial charge in [0.2, 0.25) is 0 Å². The Labute approximate surface area is 117 Å². The highest BCUT2D eigenvalue weighted by atomic mass is 19.1. The number of rotatable bonds is 3. The molecule has 0 radical (unpaired) electrons. The summed E-state index contributed by atoms with van der Waals surface area (Å²) in [6.07, 6.45) is 2.36. The quantitative estimate of drug-likeness (QED) is 0.786. The Bertz CT molecular complexity index is 734. The minimum absolute atomic E-state index is 0.199. The number of aromatic nitrogens is 1. The second-order valence-corrected chi connectivity index (χ2v) is 4.86. The van der Waals surface area contributed by atoms with E-state index < -0.39 is 0 Å². The number of benzene rings is 2. The first-order chi connectivity index (χ1) is 9.74. The van der Waals surface area contributed by atoms with E-state index in [2.05, 4.69) is 4.98 Å². The summed E-state index contributed by atoms with van der Waals surface area (Å²) in [6, 6.07) is 16.3. The van der Waals surface area contributed by atoms with E-state index in [-0.39, 0.29) is 11.9 Å². The lowest BCUT2D eigenvalue weighted by Gasteiger charge is -2.14. The molecule has 0 bridgehead atoms. The Balaban J connectivity index is 1.94. The zero-order valence-electron chi connectivity index (χ0n) is 11.0. The van der Waals surface area contributed by atoms with Crippen molar-refractivity contribution in [3.05, 3.63) is 77.7 Å². The van der Waals surface area contributed by atoms with Crippen molar-refractivity contribution in [3.63, 3.8) is 0 Å². The average Bonchev–Trinajstić information content (AvgIpc) is 2.46. The topological polar surface area (TPSA) is 38.9 Å². The monoisotopic (exact) mass is 266 g/mol. The molecule has 1 unspecified atom stereocenters. The normalized spacial score (nSPS) is 12.5. The number of nitrogens with two attached hydrogens (primary N) is 1. The van der Waals surface area contributed by atoms with Gasteiger partial charge in [0.1, 0.15) is 5.82 Å². The lowest BCUT2D eigenvalue weighted by atomic mass is 9.97. The molecule has 20 heavy (non-hydrogen) atoms. The molecule has 1 heterocycles. The maximum Gasteiger partial charge on any atom is 0.123 e. The summed E-state index contributed by atoms with van der Waals surface area (Å²) in [6.45, 7) is 0. The zero-order valence-corrected chi connectivity index (χ0v) is 11.0. The predicted molar refractivity (Wildman–Crippen MR) is 78.8 cm³/mol. The van der Waals surface area contributed by atoms with Crippen molar-refractivity contribution < 1.29 is 4.39 Å². The highest BCUT2D eigenvalue weighted by molar-refractivity contribution is 5.82. The molecule has 0 aliphatic heterocycles. The lowest BCUT2D eigenvalue weighted by molar-refractivity contribution is 0.622. The van der Waals surface area contributed by atoms with Crippen molar-refractivity contribution in [3.8, 4) is 0 Å². The SMILES string of the molecule is NC(Cc1cccc(F)c1)c1cccc2cccnc12. The molecule has 0 fully saturated rings. The van der Waals surface area contributed by atoms with Gasteiger partial charge in [-0.05, 0) is 35.7 Å². The van der Waals surface area contributed by atoms with Gasteiger partial charge in [-0.25, -0.2) is 4.39 Å². The summed E-state index contributed by atoms with van der Waals surface area (Å²) >= 11 is 0. The van der Waals surface area contributed by atoms with E-state index in [4.69, 9.17) is 5.73 Å². The van der Waals surface area contributed by atoms with Crippen LogP contribution in [-0.4, -0.2) is 4.98 Å². The zero-order chi connectivity index (χ0) is 13.9. The van der Waals surface area contributed by atoms with Crippen molar-refractivity contribution in [2.45, 2.75) is 12.5 Å². The largest absolute Gasteiger partial charge is 0.324 e. The van der Waals surface area contributed by atoms with Gasteiger partial charge in [-0.1, -0.05) is 36.4 Å². The Morgan fingerprint density at radius 2 is 1.85 bits per heavy atom. The molecule has 1 aromatic heterocycles. The molecule has 0 spiro atoms. The number of nitrogens with zero attached hydrogens (tertiary/aromatic N) is 1. The molecule has 0 saturated heterocycles. The maximum absolute atomic E-state index is 13.2. The second kappa shape index (κ2) is 5.39. The molecule has 0 saturated carbocycles. The third kappa shape index (κ3) is 2.53. The number of para-hydroxylation sites is 1. The number of halogens is 1. The first-order valence-electron chi connectivity index (χ1n) is 6.58. The van der Waals surface area contributed by atoms with Gasteiger partial charge in [0.25, 0.3) is 0 Å². The van der Waals surface area contributed by atoms with Crippen molar-refractivity contribution in [1.29, 1.82) is 0 Å². The van der Waals surface area contributed by atoms with Gasteiger partial charge in [-0.15, -0.1) is 0 Å². The predicted octanol–water partition coefficient (Wildman–Crippen LogP) is 3.62. The van der Waals surface area contributed by atoms with E-state index in [1.54, 1.807) is 12.3 Å². The van der Waals surface area contributed by atoms with Crippen LogP contribution in [0, 0.1) is 5.82 Å². The molecule has 3 aromatic rings. The summed E-state index contributed by atoms with van der Waals surface area (Å²) in [7, 11) is 0. The van der Waals surface area contributed by atoms with Crippen molar-refractivity contribution in [2.24, 2.45) is 5.73 Å². The fourth-order valence-corrected chi connectivity index (χ4v) is 2.45. The Morgan fingerprint density at radius 3 is 2.70 bits per heavy atom. The minimum atomic E-state index is -0.231. The van der Waals surface area contributed by atoms with E-state index in [9.17, 15) is 4.39 Å². The molecule has 100 valence electrons. The Kier molecular flexibility index (Phi) is 3.44. The third-order valence-corrected chi connectivity index (χ3v) is 3.41. The van der Waals surface area contributed by atoms with Gasteiger partial charge in [0.15, 0.2) is 0 Å². The summed E-state index contributed by atoms with van der Waals surface area (Å²) in [5, 5.41) is 1.07. The molecule has 0 aliphatic rings. The van der Waals surface area contributed by atoms with Gasteiger partial charge >= 0.3 is 0 Å². The van der Waals surface area contributed by atoms with E-state index in [1.807, 2.05) is 36.4 Å². The van der Waals surface area contributed by atoms with Gasteiger partial charge in [0.05, 0.1) is 5.52 Å². The Morgan fingerprint density at radius 1 is 1.05 bits per heavy atom. The van der Waals surface area contributed by atoms with Crippen LogP contribution in [0.2, 0.25) is 0 Å². The molecule has 0 amide bonds. The summed E-state index contributed by atoms with van der Waals surface area (Å²) < 4.78 is 13.2. The molecule has 0 aliphatic carbocycles. The summed E-state index contributed by atoms with van der Waals surface area (Å²) in [5.41, 5.74) is 9.08. The van der Waals surface area contributed by atoms with Gasteiger partial charge in [0, 0.05) is 17.6 Å². The number of fused-ring (bicyclic) bond motifs is 1.